The van der Waals surface area contributed by atoms with Crippen molar-refractivity contribution in [3.8, 4) is 0 Å². The monoisotopic (exact) mass is 369 g/mol. The van der Waals surface area contributed by atoms with Crippen LogP contribution >= 0.6 is 27.5 Å². The molecule has 2 aromatic rings. The number of carbonyl (C=O) groups is 2. The molecule has 0 atom stereocenters. The Bertz CT molecular complexity index is 685. The predicted octanol–water partition coefficient (Wildman–Crippen LogP) is 4.03. The topological polar surface area (TPSA) is 74.0 Å². The maximum Gasteiger partial charge on any atom is 0.272 e. The highest BCUT2D eigenvalue weighted by atomic mass is 79.9. The van der Waals surface area contributed by atoms with Crippen LogP contribution in [-0.4, -0.2) is 16.8 Å². The first kappa shape index (κ1) is 15.6. The molecule has 7 heteroatoms. The molecule has 21 heavy (non-hydrogen) atoms. The van der Waals surface area contributed by atoms with Gasteiger partial charge in [-0.2, -0.15) is 0 Å². The van der Waals surface area contributed by atoms with E-state index in [9.17, 15) is 9.59 Å². The summed E-state index contributed by atoms with van der Waals surface area (Å²) in [6.45, 7) is 1.76. The van der Waals surface area contributed by atoms with Crippen molar-refractivity contribution in [1.82, 2.24) is 4.98 Å². The standard InChI is InChI=1S/C14H13BrClN3O2/c1-2-13(20)18-9-3-4-10(16)11(6-9)19-14(21)12-5-8(15)7-17-12/h3-7,17H,2H2,1H3,(H,18,20)(H,19,21). The smallest absolute Gasteiger partial charge is 0.272 e. The molecule has 0 spiro atoms. The van der Waals surface area contributed by atoms with E-state index in [1.54, 1.807) is 37.4 Å². The maximum atomic E-state index is 12.1. The molecule has 2 rings (SSSR count). The summed E-state index contributed by atoms with van der Waals surface area (Å²) in [5, 5.41) is 5.80. The largest absolute Gasteiger partial charge is 0.356 e. The van der Waals surface area contributed by atoms with Gasteiger partial charge in [-0.25, -0.2) is 0 Å². The molecule has 2 amide bonds. The first-order chi connectivity index (χ1) is 9.99. The van der Waals surface area contributed by atoms with E-state index in [0.29, 0.717) is 28.5 Å². The van der Waals surface area contributed by atoms with Crippen molar-refractivity contribution in [3.63, 3.8) is 0 Å². The molecule has 0 saturated carbocycles. The number of benzene rings is 1. The lowest BCUT2D eigenvalue weighted by Gasteiger charge is -2.09. The lowest BCUT2D eigenvalue weighted by atomic mass is 10.2. The number of amides is 2. The molecule has 0 aliphatic rings. The second-order valence-corrected chi connectivity index (χ2v) is 5.60. The molecule has 0 unspecified atom stereocenters. The van der Waals surface area contributed by atoms with E-state index < -0.39 is 0 Å². The predicted molar refractivity (Wildman–Crippen MR) is 86.8 cm³/mol. The molecule has 0 saturated heterocycles. The fraction of sp³-hybridized carbons (Fsp3) is 0.143. The molecule has 0 aliphatic heterocycles. The van der Waals surface area contributed by atoms with Crippen molar-refractivity contribution in [1.29, 1.82) is 0 Å². The second-order valence-electron chi connectivity index (χ2n) is 4.28. The molecular weight excluding hydrogens is 358 g/mol. The summed E-state index contributed by atoms with van der Waals surface area (Å²) in [7, 11) is 0. The van der Waals surface area contributed by atoms with Gasteiger partial charge in [0.15, 0.2) is 0 Å². The van der Waals surface area contributed by atoms with Crippen LogP contribution in [0.5, 0.6) is 0 Å². The Morgan fingerprint density at radius 1 is 1.29 bits per heavy atom. The summed E-state index contributed by atoms with van der Waals surface area (Å²) < 4.78 is 0.780. The highest BCUT2D eigenvalue weighted by Gasteiger charge is 2.11. The third kappa shape index (κ3) is 4.09. The van der Waals surface area contributed by atoms with E-state index in [-0.39, 0.29) is 11.8 Å². The first-order valence-electron chi connectivity index (χ1n) is 6.24. The van der Waals surface area contributed by atoms with Crippen LogP contribution in [-0.2, 0) is 4.79 Å². The second kappa shape index (κ2) is 6.78. The molecule has 110 valence electrons. The third-order valence-electron chi connectivity index (χ3n) is 2.71. The quantitative estimate of drug-likeness (QED) is 0.760. The number of nitrogens with one attached hydrogen (secondary N) is 3. The molecular formula is C14H13BrClN3O2. The van der Waals surface area contributed by atoms with Crippen LogP contribution in [0.4, 0.5) is 11.4 Å². The fourth-order valence-electron chi connectivity index (χ4n) is 1.64. The SMILES string of the molecule is CCC(=O)Nc1ccc(Cl)c(NC(=O)c2cc(Br)c[nH]2)c1. The number of rotatable bonds is 4. The van der Waals surface area contributed by atoms with Crippen LogP contribution in [0.2, 0.25) is 5.02 Å². The number of halogens is 2. The van der Waals surface area contributed by atoms with Gasteiger partial charge in [0.2, 0.25) is 5.91 Å². The van der Waals surface area contributed by atoms with Crippen molar-refractivity contribution in [3.05, 3.63) is 45.7 Å². The van der Waals surface area contributed by atoms with Gasteiger partial charge >= 0.3 is 0 Å². The molecule has 0 fully saturated rings. The number of anilines is 2. The zero-order valence-electron chi connectivity index (χ0n) is 11.2. The fourth-order valence-corrected chi connectivity index (χ4v) is 2.15. The van der Waals surface area contributed by atoms with Crippen LogP contribution in [0.15, 0.2) is 34.9 Å². The summed E-state index contributed by atoms with van der Waals surface area (Å²) in [6.07, 6.45) is 2.04. The molecule has 5 nitrogen and oxygen atoms in total. The first-order valence-corrected chi connectivity index (χ1v) is 7.41. The minimum atomic E-state index is -0.318. The lowest BCUT2D eigenvalue weighted by molar-refractivity contribution is -0.115. The maximum absolute atomic E-state index is 12.1. The molecule has 0 aliphatic carbocycles. The number of carbonyl (C=O) groups excluding carboxylic acids is 2. The zero-order chi connectivity index (χ0) is 15.4. The van der Waals surface area contributed by atoms with Crippen LogP contribution in [0.3, 0.4) is 0 Å². The van der Waals surface area contributed by atoms with E-state index in [4.69, 9.17) is 11.6 Å². The summed E-state index contributed by atoms with van der Waals surface area (Å²) in [5.74, 6) is -0.426. The van der Waals surface area contributed by atoms with Crippen molar-refractivity contribution in [2.75, 3.05) is 10.6 Å². The van der Waals surface area contributed by atoms with Gasteiger partial charge < -0.3 is 15.6 Å². The third-order valence-corrected chi connectivity index (χ3v) is 3.50. The number of hydrogen-bond acceptors (Lipinski definition) is 2. The normalized spacial score (nSPS) is 10.2. The van der Waals surface area contributed by atoms with Gasteiger partial charge in [-0.1, -0.05) is 18.5 Å². The van der Waals surface area contributed by atoms with Crippen molar-refractivity contribution in [2.24, 2.45) is 0 Å². The summed E-state index contributed by atoms with van der Waals surface area (Å²) in [5.41, 5.74) is 1.41. The number of aromatic nitrogens is 1. The van der Waals surface area contributed by atoms with E-state index in [2.05, 4.69) is 31.5 Å². The summed E-state index contributed by atoms with van der Waals surface area (Å²) in [6, 6.07) is 6.57. The Labute approximate surface area is 135 Å². The lowest BCUT2D eigenvalue weighted by Crippen LogP contribution is -2.14. The van der Waals surface area contributed by atoms with Crippen molar-refractivity contribution >= 4 is 50.7 Å². The van der Waals surface area contributed by atoms with Gasteiger partial charge in [0.1, 0.15) is 5.69 Å². The Morgan fingerprint density at radius 3 is 2.67 bits per heavy atom. The molecule has 1 aromatic heterocycles. The van der Waals surface area contributed by atoms with E-state index >= 15 is 0 Å². The summed E-state index contributed by atoms with van der Waals surface area (Å²) in [4.78, 5) is 26.3. The molecule has 0 radical (unpaired) electrons. The van der Waals surface area contributed by atoms with Crippen LogP contribution < -0.4 is 10.6 Å². The number of hydrogen-bond donors (Lipinski definition) is 3. The van der Waals surface area contributed by atoms with Gasteiger partial charge in [-0.3, -0.25) is 9.59 Å². The Morgan fingerprint density at radius 2 is 2.05 bits per heavy atom. The number of aromatic amines is 1. The zero-order valence-corrected chi connectivity index (χ0v) is 13.5. The molecule has 1 heterocycles. The van der Waals surface area contributed by atoms with Crippen LogP contribution in [0, 0.1) is 0 Å². The van der Waals surface area contributed by atoms with E-state index in [1.165, 1.54) is 0 Å². The molecule has 3 N–H and O–H groups in total. The average Bonchev–Trinajstić information content (AvgIpc) is 2.89. The highest BCUT2D eigenvalue weighted by molar-refractivity contribution is 9.10. The van der Waals surface area contributed by atoms with E-state index in [0.717, 1.165) is 4.47 Å². The molecule has 1 aromatic carbocycles. The van der Waals surface area contributed by atoms with Gasteiger partial charge in [-0.05, 0) is 40.2 Å². The van der Waals surface area contributed by atoms with Gasteiger partial charge in [0.05, 0.1) is 10.7 Å². The van der Waals surface area contributed by atoms with Gasteiger partial charge in [0, 0.05) is 22.8 Å². The van der Waals surface area contributed by atoms with Crippen LogP contribution in [0.1, 0.15) is 23.8 Å². The highest BCUT2D eigenvalue weighted by Crippen LogP contribution is 2.26. The average molecular weight is 371 g/mol. The van der Waals surface area contributed by atoms with Gasteiger partial charge in [-0.15, -0.1) is 0 Å². The minimum absolute atomic E-state index is 0.108. The Balaban J connectivity index is 2.17. The molecule has 0 bridgehead atoms. The van der Waals surface area contributed by atoms with Crippen molar-refractivity contribution in [2.45, 2.75) is 13.3 Å². The van der Waals surface area contributed by atoms with E-state index in [1.807, 2.05) is 0 Å². The minimum Gasteiger partial charge on any atom is -0.356 e. The van der Waals surface area contributed by atoms with Crippen LogP contribution in [0.25, 0.3) is 0 Å². The van der Waals surface area contributed by atoms with Gasteiger partial charge in [0.25, 0.3) is 5.91 Å². The Kier molecular flexibility index (Phi) is 5.03. The number of H-pyrrole nitrogens is 1. The van der Waals surface area contributed by atoms with Crippen molar-refractivity contribution < 1.29 is 9.59 Å². The summed E-state index contributed by atoms with van der Waals surface area (Å²) >= 11 is 9.32. The Hall–Kier alpha value is -1.79.